The number of carbonyl (C=O) groups is 2. The van der Waals surface area contributed by atoms with E-state index in [0.717, 1.165) is 17.4 Å². The van der Waals surface area contributed by atoms with Crippen LogP contribution in [-0.2, 0) is 11.3 Å². The second-order valence-corrected chi connectivity index (χ2v) is 4.65. The Morgan fingerprint density at radius 1 is 1.10 bits per heavy atom. The smallest absolute Gasteiger partial charge is 0.339 e. The van der Waals surface area contributed by atoms with Crippen molar-refractivity contribution in [3.8, 4) is 0 Å². The summed E-state index contributed by atoms with van der Waals surface area (Å²) in [5, 5.41) is 0.602. The number of H-pyrrole nitrogens is 1. The fraction of sp³-hybridized carbons (Fsp3) is 0.0588. The van der Waals surface area contributed by atoms with Gasteiger partial charge >= 0.3 is 5.97 Å². The molecule has 3 aromatic rings. The van der Waals surface area contributed by atoms with Gasteiger partial charge in [-0.3, -0.25) is 4.79 Å². The number of benzene rings is 2. The summed E-state index contributed by atoms with van der Waals surface area (Å²) >= 11 is 0. The Hall–Kier alpha value is -2.88. The van der Waals surface area contributed by atoms with Crippen LogP contribution < -0.4 is 0 Å². The second-order valence-electron chi connectivity index (χ2n) is 4.65. The van der Waals surface area contributed by atoms with Crippen molar-refractivity contribution in [2.45, 2.75) is 6.61 Å². The molecule has 0 aliphatic carbocycles. The van der Waals surface area contributed by atoms with Crippen LogP contribution in [0.15, 0.2) is 54.7 Å². The van der Waals surface area contributed by atoms with Gasteiger partial charge in [-0.25, -0.2) is 4.79 Å². The number of aromatic amines is 1. The van der Waals surface area contributed by atoms with E-state index in [-0.39, 0.29) is 6.61 Å². The van der Waals surface area contributed by atoms with Gasteiger partial charge in [-0.15, -0.1) is 0 Å². The summed E-state index contributed by atoms with van der Waals surface area (Å²) in [6.45, 7) is 0.205. The number of aromatic nitrogens is 1. The molecular formula is C17H13NO3. The van der Waals surface area contributed by atoms with E-state index in [2.05, 4.69) is 4.98 Å². The molecule has 3 rings (SSSR count). The second kappa shape index (κ2) is 5.63. The molecule has 0 atom stereocenters. The number of aldehydes is 1. The van der Waals surface area contributed by atoms with Gasteiger partial charge in [0.05, 0.1) is 5.56 Å². The Balaban J connectivity index is 1.88. The first-order valence-electron chi connectivity index (χ1n) is 6.56. The molecule has 0 unspecified atom stereocenters. The number of esters is 1. The molecule has 0 fully saturated rings. The number of fused-ring (bicyclic) bond motifs is 1. The molecule has 2 aromatic carbocycles. The zero-order valence-electron chi connectivity index (χ0n) is 11.2. The van der Waals surface area contributed by atoms with Crippen molar-refractivity contribution in [1.29, 1.82) is 0 Å². The monoisotopic (exact) mass is 279 g/mol. The number of hydrogen-bond donors (Lipinski definition) is 1. The number of nitrogens with one attached hydrogen (secondary N) is 1. The predicted molar refractivity (Wildman–Crippen MR) is 79.2 cm³/mol. The molecule has 0 radical (unpaired) electrons. The molecule has 0 spiro atoms. The molecule has 0 saturated heterocycles. The van der Waals surface area contributed by atoms with Gasteiger partial charge in [0.1, 0.15) is 6.61 Å². The summed E-state index contributed by atoms with van der Waals surface area (Å²) in [4.78, 5) is 26.3. The molecule has 0 amide bonds. The minimum Gasteiger partial charge on any atom is -0.457 e. The van der Waals surface area contributed by atoms with Crippen molar-refractivity contribution in [2.75, 3.05) is 0 Å². The van der Waals surface area contributed by atoms with Crippen molar-refractivity contribution in [3.05, 3.63) is 71.4 Å². The van der Waals surface area contributed by atoms with Crippen LogP contribution in [0.25, 0.3) is 10.9 Å². The minimum absolute atomic E-state index is 0.205. The summed E-state index contributed by atoms with van der Waals surface area (Å²) < 4.78 is 5.32. The molecule has 104 valence electrons. The van der Waals surface area contributed by atoms with Crippen LogP contribution in [0.4, 0.5) is 0 Å². The van der Waals surface area contributed by atoms with Gasteiger partial charge in [-0.2, -0.15) is 0 Å². The SMILES string of the molecule is O=Cc1c[nH]c2cccc(C(=O)OCc3ccccc3)c12. The molecule has 4 nitrogen and oxygen atoms in total. The first-order chi connectivity index (χ1) is 10.3. The van der Waals surface area contributed by atoms with E-state index in [9.17, 15) is 9.59 Å². The Labute approximate surface area is 121 Å². The fourth-order valence-corrected chi connectivity index (χ4v) is 2.28. The minimum atomic E-state index is -0.438. The van der Waals surface area contributed by atoms with Crippen molar-refractivity contribution in [2.24, 2.45) is 0 Å². The van der Waals surface area contributed by atoms with Crippen LogP contribution in [0.1, 0.15) is 26.3 Å². The standard InChI is InChI=1S/C17H13NO3/c19-10-13-9-18-15-8-4-7-14(16(13)15)17(20)21-11-12-5-2-1-3-6-12/h1-10,18H,11H2. The Kier molecular flexibility index (Phi) is 3.51. The average Bonchev–Trinajstić information content (AvgIpc) is 2.96. The van der Waals surface area contributed by atoms with Crippen molar-refractivity contribution in [3.63, 3.8) is 0 Å². The number of ether oxygens (including phenoxy) is 1. The van der Waals surface area contributed by atoms with Crippen molar-refractivity contribution >= 4 is 23.2 Å². The maximum absolute atomic E-state index is 12.2. The van der Waals surface area contributed by atoms with Gasteiger partial charge in [0.15, 0.2) is 6.29 Å². The zero-order valence-corrected chi connectivity index (χ0v) is 11.2. The van der Waals surface area contributed by atoms with E-state index in [0.29, 0.717) is 16.5 Å². The molecule has 0 aliphatic heterocycles. The topological polar surface area (TPSA) is 59.2 Å². The first kappa shape index (κ1) is 13.1. The highest BCUT2D eigenvalue weighted by molar-refractivity contribution is 6.10. The van der Waals surface area contributed by atoms with E-state index < -0.39 is 5.97 Å². The summed E-state index contributed by atoms with van der Waals surface area (Å²) in [6, 6.07) is 14.7. The highest BCUT2D eigenvalue weighted by atomic mass is 16.5. The van der Waals surface area contributed by atoms with Gasteiger partial charge < -0.3 is 9.72 Å². The maximum Gasteiger partial charge on any atom is 0.339 e. The van der Waals surface area contributed by atoms with E-state index in [1.54, 1.807) is 18.3 Å². The fourth-order valence-electron chi connectivity index (χ4n) is 2.28. The third-order valence-electron chi connectivity index (χ3n) is 3.30. The quantitative estimate of drug-likeness (QED) is 0.588. The van der Waals surface area contributed by atoms with Gasteiger partial charge in [0, 0.05) is 22.7 Å². The Morgan fingerprint density at radius 2 is 1.90 bits per heavy atom. The number of hydrogen-bond acceptors (Lipinski definition) is 3. The largest absolute Gasteiger partial charge is 0.457 e. The van der Waals surface area contributed by atoms with E-state index >= 15 is 0 Å². The van der Waals surface area contributed by atoms with Gasteiger partial charge in [0.25, 0.3) is 0 Å². The molecule has 21 heavy (non-hydrogen) atoms. The molecule has 4 heteroatoms. The summed E-state index contributed by atoms with van der Waals surface area (Å²) in [6.07, 6.45) is 2.32. The third-order valence-corrected chi connectivity index (χ3v) is 3.30. The molecule has 1 N–H and O–H groups in total. The van der Waals surface area contributed by atoms with Crippen molar-refractivity contribution in [1.82, 2.24) is 4.98 Å². The van der Waals surface area contributed by atoms with E-state index in [1.807, 2.05) is 36.4 Å². The van der Waals surface area contributed by atoms with E-state index in [1.165, 1.54) is 0 Å². The maximum atomic E-state index is 12.2. The highest BCUT2D eigenvalue weighted by Crippen LogP contribution is 2.22. The molecule has 1 heterocycles. The summed E-state index contributed by atoms with van der Waals surface area (Å²) in [5.41, 5.74) is 2.51. The van der Waals surface area contributed by atoms with Gasteiger partial charge in [0.2, 0.25) is 0 Å². The van der Waals surface area contributed by atoms with Crippen LogP contribution in [0, 0.1) is 0 Å². The van der Waals surface area contributed by atoms with Crippen LogP contribution in [0.5, 0.6) is 0 Å². The predicted octanol–water partition coefficient (Wildman–Crippen LogP) is 3.34. The highest BCUT2D eigenvalue weighted by Gasteiger charge is 2.15. The zero-order chi connectivity index (χ0) is 14.7. The molecule has 0 aliphatic rings. The normalized spacial score (nSPS) is 10.5. The summed E-state index contributed by atoms with van der Waals surface area (Å²) in [7, 11) is 0. The lowest BCUT2D eigenvalue weighted by Crippen LogP contribution is -2.06. The molecule has 1 aromatic heterocycles. The van der Waals surface area contributed by atoms with Crippen molar-refractivity contribution < 1.29 is 14.3 Å². The lowest BCUT2D eigenvalue weighted by molar-refractivity contribution is 0.0475. The molecule has 0 bridgehead atoms. The lowest BCUT2D eigenvalue weighted by atomic mass is 10.1. The average molecular weight is 279 g/mol. The Morgan fingerprint density at radius 3 is 2.67 bits per heavy atom. The number of rotatable bonds is 4. The van der Waals surface area contributed by atoms with Gasteiger partial charge in [-0.05, 0) is 17.7 Å². The molecule has 0 saturated carbocycles. The summed E-state index contributed by atoms with van der Waals surface area (Å²) in [5.74, 6) is -0.438. The number of carbonyl (C=O) groups excluding carboxylic acids is 2. The van der Waals surface area contributed by atoms with Crippen LogP contribution in [0.3, 0.4) is 0 Å². The first-order valence-corrected chi connectivity index (χ1v) is 6.56. The van der Waals surface area contributed by atoms with Crippen LogP contribution in [0.2, 0.25) is 0 Å². The molecular weight excluding hydrogens is 266 g/mol. The van der Waals surface area contributed by atoms with Gasteiger partial charge in [-0.1, -0.05) is 36.4 Å². The van der Waals surface area contributed by atoms with Crippen LogP contribution in [-0.4, -0.2) is 17.2 Å². The third kappa shape index (κ3) is 2.56. The Bertz CT molecular complexity index is 790. The lowest BCUT2D eigenvalue weighted by Gasteiger charge is -2.06. The van der Waals surface area contributed by atoms with Crippen LogP contribution >= 0.6 is 0 Å². The van der Waals surface area contributed by atoms with E-state index in [4.69, 9.17) is 4.74 Å².